The summed E-state index contributed by atoms with van der Waals surface area (Å²) in [4.78, 5) is 12.5. The van der Waals surface area contributed by atoms with Crippen LogP contribution in [0.15, 0.2) is 42.5 Å². The Labute approximate surface area is 140 Å². The maximum Gasteiger partial charge on any atom is 0.312 e. The van der Waals surface area contributed by atoms with Gasteiger partial charge in [0.25, 0.3) is 0 Å². The van der Waals surface area contributed by atoms with E-state index in [2.05, 4.69) is 0 Å². The van der Waals surface area contributed by atoms with Crippen LogP contribution in [0.4, 0.5) is 0 Å². The van der Waals surface area contributed by atoms with Crippen LogP contribution in [0.1, 0.15) is 41.2 Å². The Morgan fingerprint density at radius 2 is 1.79 bits per heavy atom. The van der Waals surface area contributed by atoms with Gasteiger partial charge in [0, 0.05) is 6.42 Å². The van der Waals surface area contributed by atoms with Crippen LogP contribution >= 0.6 is 0 Å². The quantitative estimate of drug-likeness (QED) is 0.832. The van der Waals surface area contributed by atoms with E-state index in [9.17, 15) is 15.0 Å². The molecule has 0 aromatic heterocycles. The maximum atomic E-state index is 12.5. The Hall–Kier alpha value is -2.17. The van der Waals surface area contributed by atoms with Crippen molar-refractivity contribution in [2.45, 2.75) is 31.5 Å². The minimum Gasteiger partial charge on any atom is -0.466 e. The van der Waals surface area contributed by atoms with Gasteiger partial charge in [0.1, 0.15) is 11.2 Å². The summed E-state index contributed by atoms with van der Waals surface area (Å²) >= 11 is 0. The summed E-state index contributed by atoms with van der Waals surface area (Å²) < 4.78 is 5.19. The van der Waals surface area contributed by atoms with Crippen LogP contribution in [0.3, 0.4) is 0 Å². The number of ether oxygens (including phenoxy) is 1. The van der Waals surface area contributed by atoms with Crippen LogP contribution in [0.5, 0.6) is 0 Å². The lowest BCUT2D eigenvalue weighted by Gasteiger charge is -2.53. The zero-order chi connectivity index (χ0) is 17.1. The molecule has 3 aliphatic carbocycles. The molecule has 4 heteroatoms. The molecule has 2 bridgehead atoms. The fraction of sp³-hybridized carbons (Fsp3) is 0.350. The van der Waals surface area contributed by atoms with Crippen LogP contribution in [0, 0.1) is 12.8 Å². The molecule has 3 aliphatic rings. The van der Waals surface area contributed by atoms with Crippen molar-refractivity contribution in [3.8, 4) is 0 Å². The van der Waals surface area contributed by atoms with E-state index < -0.39 is 23.1 Å². The molecule has 2 aromatic carbocycles. The third kappa shape index (κ3) is 1.73. The van der Waals surface area contributed by atoms with E-state index in [0.29, 0.717) is 22.3 Å². The smallest absolute Gasteiger partial charge is 0.312 e. The number of aryl methyl sites for hydroxylation is 1. The van der Waals surface area contributed by atoms with Crippen molar-refractivity contribution < 1.29 is 19.7 Å². The van der Waals surface area contributed by atoms with Crippen molar-refractivity contribution in [2.24, 2.45) is 5.92 Å². The predicted molar refractivity (Wildman–Crippen MR) is 88.4 cm³/mol. The topological polar surface area (TPSA) is 66.8 Å². The maximum absolute atomic E-state index is 12.5. The summed E-state index contributed by atoms with van der Waals surface area (Å²) in [5.74, 6) is -1.30. The average molecular weight is 324 g/mol. The predicted octanol–water partition coefficient (Wildman–Crippen LogP) is 2.36. The highest BCUT2D eigenvalue weighted by atomic mass is 16.5. The van der Waals surface area contributed by atoms with Gasteiger partial charge in [-0.1, -0.05) is 48.0 Å². The third-order valence-corrected chi connectivity index (χ3v) is 5.39. The van der Waals surface area contributed by atoms with E-state index in [1.165, 1.54) is 0 Å². The summed E-state index contributed by atoms with van der Waals surface area (Å²) in [5.41, 5.74) is 0.779. The lowest BCUT2D eigenvalue weighted by molar-refractivity contribution is -0.166. The zero-order valence-corrected chi connectivity index (χ0v) is 13.7. The summed E-state index contributed by atoms with van der Waals surface area (Å²) in [6.07, 6.45) is 0.121. The number of hydrogen-bond donors (Lipinski definition) is 2. The molecule has 2 aromatic rings. The monoisotopic (exact) mass is 324 g/mol. The molecule has 0 amide bonds. The highest BCUT2D eigenvalue weighted by Gasteiger charge is 2.62. The molecule has 0 heterocycles. The van der Waals surface area contributed by atoms with Gasteiger partial charge in [-0.3, -0.25) is 4.79 Å². The fourth-order valence-corrected chi connectivity index (χ4v) is 4.33. The zero-order valence-electron chi connectivity index (χ0n) is 13.7. The molecule has 2 N–H and O–H groups in total. The number of esters is 1. The number of benzene rings is 2. The number of hydrogen-bond acceptors (Lipinski definition) is 4. The summed E-state index contributed by atoms with van der Waals surface area (Å²) in [6.45, 7) is 3.93. The lowest BCUT2D eigenvalue weighted by atomic mass is 9.54. The Bertz CT molecular complexity index is 843. The molecule has 4 nitrogen and oxygen atoms in total. The van der Waals surface area contributed by atoms with Crippen LogP contribution in [-0.2, 0) is 20.7 Å². The summed E-state index contributed by atoms with van der Waals surface area (Å²) in [5, 5.41) is 23.2. The van der Waals surface area contributed by atoms with Crippen LogP contribution in [-0.4, -0.2) is 22.8 Å². The Morgan fingerprint density at radius 1 is 1.12 bits per heavy atom. The van der Waals surface area contributed by atoms with Crippen LogP contribution in [0.2, 0.25) is 0 Å². The SMILES string of the molecule is CCOC(=O)C1CC2(O)c3ccccc3C1(O)c1ccc(C)cc12. The molecular formula is C20H20O4. The van der Waals surface area contributed by atoms with Gasteiger partial charge in [-0.15, -0.1) is 0 Å². The Balaban J connectivity index is 2.04. The van der Waals surface area contributed by atoms with Crippen molar-refractivity contribution >= 4 is 5.97 Å². The summed E-state index contributed by atoms with van der Waals surface area (Å²) in [7, 11) is 0. The van der Waals surface area contributed by atoms with Gasteiger partial charge in [0.15, 0.2) is 0 Å². The third-order valence-electron chi connectivity index (χ3n) is 5.39. The minimum absolute atomic E-state index is 0.121. The van der Waals surface area contributed by atoms with E-state index in [1.807, 2.05) is 43.3 Å². The molecule has 0 saturated carbocycles. The molecule has 124 valence electrons. The number of aliphatic hydroxyl groups is 2. The molecule has 0 aliphatic heterocycles. The van der Waals surface area contributed by atoms with E-state index >= 15 is 0 Å². The van der Waals surface area contributed by atoms with Gasteiger partial charge in [-0.05, 0) is 36.1 Å². The van der Waals surface area contributed by atoms with Gasteiger partial charge < -0.3 is 14.9 Å². The standard InChI is InChI=1S/C20H20O4/c1-3-24-18(21)17-11-19(22)13-6-4-5-7-14(13)20(17,23)15-9-8-12(2)10-16(15)19/h4-10,17,22-23H,3,11H2,1-2H3. The second kappa shape index (κ2) is 4.91. The molecule has 3 unspecified atom stereocenters. The second-order valence-corrected chi connectivity index (χ2v) is 6.73. The van der Waals surface area contributed by atoms with Crippen molar-refractivity contribution in [2.75, 3.05) is 6.61 Å². The van der Waals surface area contributed by atoms with Crippen LogP contribution < -0.4 is 0 Å². The molecule has 24 heavy (non-hydrogen) atoms. The van der Waals surface area contributed by atoms with Gasteiger partial charge in [-0.2, -0.15) is 0 Å². The van der Waals surface area contributed by atoms with Crippen molar-refractivity contribution in [3.05, 3.63) is 70.3 Å². The molecule has 0 saturated heterocycles. The highest BCUT2D eigenvalue weighted by Crippen LogP contribution is 2.59. The number of fused-ring (bicyclic) bond motifs is 1. The molecule has 0 radical (unpaired) electrons. The molecule has 0 fully saturated rings. The molecule has 5 rings (SSSR count). The summed E-state index contributed by atoms with van der Waals surface area (Å²) in [6, 6.07) is 12.9. The van der Waals surface area contributed by atoms with Crippen molar-refractivity contribution in [1.82, 2.24) is 0 Å². The first-order chi connectivity index (χ1) is 11.4. The van der Waals surface area contributed by atoms with E-state index in [-0.39, 0.29) is 13.0 Å². The van der Waals surface area contributed by atoms with Crippen molar-refractivity contribution in [1.29, 1.82) is 0 Å². The van der Waals surface area contributed by atoms with E-state index in [4.69, 9.17) is 4.74 Å². The number of carbonyl (C=O) groups is 1. The first-order valence-corrected chi connectivity index (χ1v) is 8.26. The van der Waals surface area contributed by atoms with Gasteiger partial charge >= 0.3 is 5.97 Å². The number of rotatable bonds is 2. The first-order valence-electron chi connectivity index (χ1n) is 8.26. The normalized spacial score (nSPS) is 29.8. The molecular weight excluding hydrogens is 304 g/mol. The van der Waals surface area contributed by atoms with E-state index in [0.717, 1.165) is 5.56 Å². The van der Waals surface area contributed by atoms with Crippen molar-refractivity contribution in [3.63, 3.8) is 0 Å². The Morgan fingerprint density at radius 3 is 2.50 bits per heavy atom. The minimum atomic E-state index is -1.48. The van der Waals surface area contributed by atoms with Gasteiger partial charge in [0.05, 0.1) is 12.5 Å². The largest absolute Gasteiger partial charge is 0.466 e. The van der Waals surface area contributed by atoms with Crippen LogP contribution in [0.25, 0.3) is 0 Å². The molecule has 0 spiro atoms. The lowest BCUT2D eigenvalue weighted by Crippen LogP contribution is -2.57. The van der Waals surface area contributed by atoms with Gasteiger partial charge in [-0.25, -0.2) is 0 Å². The first kappa shape index (κ1) is 15.4. The number of carbonyl (C=O) groups excluding carboxylic acids is 1. The van der Waals surface area contributed by atoms with Gasteiger partial charge in [0.2, 0.25) is 0 Å². The fourth-order valence-electron chi connectivity index (χ4n) is 4.33. The highest BCUT2D eigenvalue weighted by molar-refractivity contribution is 5.79. The van der Waals surface area contributed by atoms with E-state index in [1.54, 1.807) is 13.0 Å². The Kier molecular flexibility index (Phi) is 3.15. The molecule has 3 atom stereocenters. The average Bonchev–Trinajstić information content (AvgIpc) is 2.57. The second-order valence-electron chi connectivity index (χ2n) is 6.73.